The van der Waals surface area contributed by atoms with Crippen molar-refractivity contribution < 1.29 is 5.32 Å². The van der Waals surface area contributed by atoms with Crippen LogP contribution in [0, 0.1) is 0 Å². The summed E-state index contributed by atoms with van der Waals surface area (Å²) in [5.74, 6) is 1.00. The Morgan fingerprint density at radius 2 is 2.12 bits per heavy atom. The molecule has 0 fully saturated rings. The average molecular weight is 134 g/mol. The Bertz CT molecular complexity index is 33.5. The maximum absolute atomic E-state index is 4.09. The van der Waals surface area contributed by atoms with E-state index in [0.717, 1.165) is 5.75 Å². The molecule has 0 amide bonds. The maximum atomic E-state index is 4.09. The van der Waals surface area contributed by atoms with E-state index in [0.29, 0.717) is 0 Å². The first-order valence-corrected chi connectivity index (χ1v) is 3.97. The highest BCUT2D eigenvalue weighted by atomic mass is 32.1. The van der Waals surface area contributed by atoms with E-state index in [1.165, 1.54) is 25.9 Å². The number of unbranched alkanes of at least 4 members (excludes halogenated alkanes) is 1. The summed E-state index contributed by atoms with van der Waals surface area (Å²) < 4.78 is 0. The predicted molar refractivity (Wildman–Crippen MR) is 40.4 cm³/mol. The van der Waals surface area contributed by atoms with E-state index < -0.39 is 0 Å². The Morgan fingerprint density at radius 3 is 2.62 bits per heavy atom. The molecule has 0 aromatic heterocycles. The third kappa shape index (κ3) is 6.31. The van der Waals surface area contributed by atoms with E-state index in [1.807, 2.05) is 0 Å². The van der Waals surface area contributed by atoms with E-state index in [4.69, 9.17) is 0 Å². The van der Waals surface area contributed by atoms with Crippen molar-refractivity contribution in [2.24, 2.45) is 0 Å². The van der Waals surface area contributed by atoms with Crippen LogP contribution < -0.4 is 5.32 Å². The Hall–Kier alpha value is 0.310. The molecule has 1 nitrogen and oxygen atoms in total. The summed E-state index contributed by atoms with van der Waals surface area (Å²) in [5.41, 5.74) is 0. The van der Waals surface area contributed by atoms with Crippen molar-refractivity contribution in [1.82, 2.24) is 0 Å². The first-order valence-electron chi connectivity index (χ1n) is 3.34. The molecule has 0 aromatic rings. The van der Waals surface area contributed by atoms with Gasteiger partial charge >= 0.3 is 0 Å². The van der Waals surface area contributed by atoms with Crippen molar-refractivity contribution in [3.05, 3.63) is 0 Å². The Balaban J connectivity index is 2.53. The van der Waals surface area contributed by atoms with E-state index in [1.54, 1.807) is 0 Å². The first kappa shape index (κ1) is 8.31. The van der Waals surface area contributed by atoms with Crippen LogP contribution >= 0.6 is 12.6 Å². The average Bonchev–Trinajstić information content (AvgIpc) is 1.81. The van der Waals surface area contributed by atoms with Crippen LogP contribution in [0.2, 0.25) is 0 Å². The van der Waals surface area contributed by atoms with Gasteiger partial charge in [-0.05, 0) is 6.42 Å². The highest BCUT2D eigenvalue weighted by Gasteiger charge is 1.84. The summed E-state index contributed by atoms with van der Waals surface area (Å²) in [7, 11) is 0. The van der Waals surface area contributed by atoms with Crippen LogP contribution in [-0.4, -0.2) is 18.8 Å². The SMILES string of the molecule is CCCC[NH2+]CCS. The smallest absolute Gasteiger partial charge is 0.0844 e. The zero-order valence-corrected chi connectivity index (χ0v) is 6.45. The molecule has 0 radical (unpaired) electrons. The number of hydrogen-bond acceptors (Lipinski definition) is 1. The first-order chi connectivity index (χ1) is 3.91. The van der Waals surface area contributed by atoms with Crippen molar-refractivity contribution in [1.29, 1.82) is 0 Å². The number of rotatable bonds is 5. The van der Waals surface area contributed by atoms with Gasteiger partial charge in [-0.1, -0.05) is 13.3 Å². The Labute approximate surface area is 57.3 Å². The molecule has 0 saturated carbocycles. The minimum Gasteiger partial charge on any atom is -0.346 e. The monoisotopic (exact) mass is 134 g/mol. The molecule has 0 aliphatic carbocycles. The van der Waals surface area contributed by atoms with E-state index in [9.17, 15) is 0 Å². The number of quaternary nitrogens is 1. The highest BCUT2D eigenvalue weighted by molar-refractivity contribution is 7.80. The second-order valence-corrected chi connectivity index (χ2v) is 2.39. The van der Waals surface area contributed by atoms with Gasteiger partial charge in [0.1, 0.15) is 0 Å². The zero-order chi connectivity index (χ0) is 6.24. The summed E-state index contributed by atoms with van der Waals surface area (Å²) in [6, 6.07) is 0. The standard InChI is InChI=1S/C6H15NS/c1-2-3-4-7-5-6-8/h7-8H,2-6H2,1H3/p+1. The quantitative estimate of drug-likeness (QED) is 0.397. The molecule has 0 heterocycles. The molecule has 50 valence electrons. The van der Waals surface area contributed by atoms with Gasteiger partial charge in [-0.25, -0.2) is 0 Å². The van der Waals surface area contributed by atoms with Crippen LogP contribution in [0.1, 0.15) is 19.8 Å². The fourth-order valence-corrected chi connectivity index (χ4v) is 0.767. The molecule has 2 N–H and O–H groups in total. The lowest BCUT2D eigenvalue weighted by Crippen LogP contribution is -2.84. The molecule has 0 aliphatic heterocycles. The molecule has 0 aromatic carbocycles. The summed E-state index contributed by atoms with van der Waals surface area (Å²) in [6.45, 7) is 4.66. The van der Waals surface area contributed by atoms with E-state index in [2.05, 4.69) is 24.9 Å². The fraction of sp³-hybridized carbons (Fsp3) is 1.00. The third-order valence-corrected chi connectivity index (χ3v) is 1.35. The van der Waals surface area contributed by atoms with Crippen LogP contribution in [0.4, 0.5) is 0 Å². The molecular formula is C6H16NS+. The van der Waals surface area contributed by atoms with Gasteiger partial charge in [0.2, 0.25) is 0 Å². The van der Waals surface area contributed by atoms with E-state index in [-0.39, 0.29) is 0 Å². The van der Waals surface area contributed by atoms with Crippen molar-refractivity contribution in [3.63, 3.8) is 0 Å². The molecular weight excluding hydrogens is 118 g/mol. The summed E-state index contributed by atoms with van der Waals surface area (Å²) >= 11 is 4.09. The van der Waals surface area contributed by atoms with Crippen molar-refractivity contribution in [2.75, 3.05) is 18.8 Å². The van der Waals surface area contributed by atoms with Gasteiger partial charge in [-0.3, -0.25) is 0 Å². The second-order valence-electron chi connectivity index (χ2n) is 1.94. The van der Waals surface area contributed by atoms with Gasteiger partial charge in [0.25, 0.3) is 0 Å². The van der Waals surface area contributed by atoms with Gasteiger partial charge in [0.15, 0.2) is 0 Å². The molecule has 0 atom stereocenters. The molecule has 0 unspecified atom stereocenters. The number of thiol groups is 1. The van der Waals surface area contributed by atoms with Gasteiger partial charge < -0.3 is 5.32 Å². The third-order valence-electron chi connectivity index (χ3n) is 1.10. The minimum absolute atomic E-state index is 1.00. The van der Waals surface area contributed by atoms with Crippen LogP contribution in [0.25, 0.3) is 0 Å². The van der Waals surface area contributed by atoms with Gasteiger partial charge in [-0.2, -0.15) is 12.6 Å². The van der Waals surface area contributed by atoms with Crippen LogP contribution in [0.3, 0.4) is 0 Å². The highest BCUT2D eigenvalue weighted by Crippen LogP contribution is 1.77. The van der Waals surface area contributed by atoms with Gasteiger partial charge in [0, 0.05) is 5.75 Å². The lowest BCUT2D eigenvalue weighted by atomic mass is 10.3. The number of nitrogens with two attached hydrogens (primary N) is 1. The minimum atomic E-state index is 1.00. The normalized spacial score (nSPS) is 9.75. The predicted octanol–water partition coefficient (Wildman–Crippen LogP) is 0.280. The topological polar surface area (TPSA) is 16.6 Å². The Morgan fingerprint density at radius 1 is 1.38 bits per heavy atom. The molecule has 8 heavy (non-hydrogen) atoms. The largest absolute Gasteiger partial charge is 0.346 e. The lowest BCUT2D eigenvalue weighted by molar-refractivity contribution is -0.650. The van der Waals surface area contributed by atoms with Gasteiger partial charge in [-0.15, -0.1) is 0 Å². The summed E-state index contributed by atoms with van der Waals surface area (Å²) in [6.07, 6.45) is 2.65. The van der Waals surface area contributed by atoms with E-state index >= 15 is 0 Å². The van der Waals surface area contributed by atoms with Crippen LogP contribution in [0.15, 0.2) is 0 Å². The molecule has 0 spiro atoms. The fourth-order valence-electron chi connectivity index (χ4n) is 0.584. The molecule has 0 rings (SSSR count). The maximum Gasteiger partial charge on any atom is 0.0844 e. The van der Waals surface area contributed by atoms with Crippen molar-refractivity contribution in [2.45, 2.75) is 19.8 Å². The number of hydrogen-bond donors (Lipinski definition) is 2. The molecule has 2 heteroatoms. The van der Waals surface area contributed by atoms with Crippen LogP contribution in [0.5, 0.6) is 0 Å². The molecule has 0 bridgehead atoms. The van der Waals surface area contributed by atoms with Crippen molar-refractivity contribution >= 4 is 12.6 Å². The molecule has 0 saturated heterocycles. The van der Waals surface area contributed by atoms with Gasteiger partial charge in [0.05, 0.1) is 13.1 Å². The lowest BCUT2D eigenvalue weighted by Gasteiger charge is -1.94. The summed E-state index contributed by atoms with van der Waals surface area (Å²) in [4.78, 5) is 0. The molecule has 0 aliphatic rings. The van der Waals surface area contributed by atoms with Crippen molar-refractivity contribution in [3.8, 4) is 0 Å². The Kier molecular flexibility index (Phi) is 7.59. The summed E-state index contributed by atoms with van der Waals surface area (Å²) in [5, 5.41) is 2.32. The second kappa shape index (κ2) is 7.31. The zero-order valence-electron chi connectivity index (χ0n) is 5.56. The van der Waals surface area contributed by atoms with Crippen LogP contribution in [-0.2, 0) is 0 Å².